The highest BCUT2D eigenvalue weighted by atomic mass is 28.4. The zero-order valence-corrected chi connectivity index (χ0v) is 28.8. The molecule has 0 saturated heterocycles. The lowest BCUT2D eigenvalue weighted by molar-refractivity contribution is 0.140. The summed E-state index contributed by atoms with van der Waals surface area (Å²) < 4.78 is 37.9. The minimum Gasteiger partial charge on any atom is -0.400 e. The molecule has 0 saturated carbocycles. The first kappa shape index (κ1) is 35.4. The molecule has 0 radical (unpaired) electrons. The molecule has 0 aliphatic heterocycles. The summed E-state index contributed by atoms with van der Waals surface area (Å²) in [5.74, 6) is 0. The van der Waals surface area contributed by atoms with Gasteiger partial charge in [0, 0.05) is 61.0 Å². The van der Waals surface area contributed by atoms with E-state index in [0.29, 0.717) is 0 Å². The maximum atomic E-state index is 5.78. The van der Waals surface area contributed by atoms with Crippen molar-refractivity contribution in [3.05, 3.63) is 127 Å². The second-order valence-corrected chi connectivity index (χ2v) is 17.2. The average molecular weight is 625 g/mol. The third-order valence-electron chi connectivity index (χ3n) is 6.59. The van der Waals surface area contributed by atoms with Crippen LogP contribution in [0, 0.1) is 0 Å². The first-order valence-electron chi connectivity index (χ1n) is 13.5. The second kappa shape index (κ2) is 19.4. The molecule has 4 rings (SSSR count). The fourth-order valence-electron chi connectivity index (χ4n) is 4.35. The molecule has 0 bridgehead atoms. The second-order valence-electron chi connectivity index (χ2n) is 8.88. The molecule has 4 aromatic rings. The number of hydrogen-bond donors (Lipinski definition) is 0. The van der Waals surface area contributed by atoms with E-state index in [1.54, 1.807) is 49.8 Å². The first-order chi connectivity index (χ1) is 20.5. The van der Waals surface area contributed by atoms with Gasteiger partial charge in [-0.25, -0.2) is 0 Å². The van der Waals surface area contributed by atoms with Crippen LogP contribution >= 0.6 is 0 Å². The van der Waals surface area contributed by atoms with Gasteiger partial charge < -0.3 is 31.0 Å². The maximum absolute atomic E-state index is 5.78. The summed E-state index contributed by atoms with van der Waals surface area (Å²) in [6, 6.07) is 41.2. The Morgan fingerprint density at radius 3 is 1.07 bits per heavy atom. The van der Waals surface area contributed by atoms with Gasteiger partial charge in [-0.1, -0.05) is 121 Å². The Morgan fingerprint density at radius 1 is 0.429 bits per heavy atom. The Labute approximate surface area is 255 Å². The third-order valence-corrected chi connectivity index (χ3v) is 14.4. The standard InChI is InChI=1S/C14H16O2Si.C9H14O3Si.C9H14O2Si/c1-15-17(16-2,13-9-5-3-6-10-13)14-11-7-4-8-12-14;1-10-13(11-2,12-3)9-7-5-4-6-8-9;1-10-12(11-2)8-9-6-4-3-5-7-9/h3-12H,1-2H3;4-8H,1-3H3;3-7,12H,8H2,1-2H3. The van der Waals surface area contributed by atoms with Crippen LogP contribution < -0.4 is 15.6 Å². The number of hydrogen-bond acceptors (Lipinski definition) is 7. The highest BCUT2D eigenvalue weighted by Crippen LogP contribution is 2.08. The van der Waals surface area contributed by atoms with Crippen molar-refractivity contribution in [1.82, 2.24) is 0 Å². The molecule has 0 heterocycles. The van der Waals surface area contributed by atoms with E-state index in [4.69, 9.17) is 31.0 Å². The van der Waals surface area contributed by atoms with Crippen LogP contribution in [0.1, 0.15) is 5.56 Å². The lowest BCUT2D eigenvalue weighted by Crippen LogP contribution is -2.62. The Hall–Kier alpha value is -2.75. The summed E-state index contributed by atoms with van der Waals surface area (Å²) in [7, 11) is 5.16. The molecule has 0 N–H and O–H groups in total. The third kappa shape index (κ3) is 9.92. The summed E-state index contributed by atoms with van der Waals surface area (Å²) in [5.41, 5.74) is 1.29. The molecule has 10 heteroatoms. The van der Waals surface area contributed by atoms with Crippen LogP contribution in [0.2, 0.25) is 0 Å². The molecule has 0 amide bonds. The lowest BCUT2D eigenvalue weighted by Gasteiger charge is -2.27. The Balaban J connectivity index is 0.000000225. The highest BCUT2D eigenvalue weighted by molar-refractivity contribution is 6.92. The van der Waals surface area contributed by atoms with Crippen molar-refractivity contribution in [3.63, 3.8) is 0 Å². The largest absolute Gasteiger partial charge is 0.536 e. The quantitative estimate of drug-likeness (QED) is 0.223. The summed E-state index contributed by atoms with van der Waals surface area (Å²) in [6.45, 7) is 0. The predicted octanol–water partition coefficient (Wildman–Crippen LogP) is 3.59. The fraction of sp³-hybridized carbons (Fsp3) is 0.250. The minimum absolute atomic E-state index is 0.938. The molecule has 0 fully saturated rings. The van der Waals surface area contributed by atoms with Crippen molar-refractivity contribution in [2.75, 3.05) is 49.8 Å². The van der Waals surface area contributed by atoms with Gasteiger partial charge in [-0.3, -0.25) is 0 Å². The van der Waals surface area contributed by atoms with E-state index in [9.17, 15) is 0 Å². The zero-order valence-electron chi connectivity index (χ0n) is 25.7. The monoisotopic (exact) mass is 624 g/mol. The molecular formula is C32H44O7Si3. The van der Waals surface area contributed by atoms with Crippen LogP contribution in [0.25, 0.3) is 0 Å². The maximum Gasteiger partial charge on any atom is 0.536 e. The minimum atomic E-state index is -2.59. The fourth-order valence-corrected chi connectivity index (χ4v) is 10.0. The summed E-state index contributed by atoms with van der Waals surface area (Å²) in [6.07, 6.45) is 0. The van der Waals surface area contributed by atoms with E-state index >= 15 is 0 Å². The van der Waals surface area contributed by atoms with Crippen molar-refractivity contribution in [2.24, 2.45) is 0 Å². The molecule has 0 aliphatic carbocycles. The molecule has 0 atom stereocenters. The van der Waals surface area contributed by atoms with Gasteiger partial charge in [0.15, 0.2) is 0 Å². The molecule has 226 valence electrons. The zero-order chi connectivity index (χ0) is 30.7. The average Bonchev–Trinajstić information content (AvgIpc) is 3.08. The van der Waals surface area contributed by atoms with Crippen LogP contribution in [0.4, 0.5) is 0 Å². The Bertz CT molecular complexity index is 1160. The molecule has 0 aliphatic rings. The van der Waals surface area contributed by atoms with Crippen LogP contribution in [-0.4, -0.2) is 76.4 Å². The van der Waals surface area contributed by atoms with Crippen molar-refractivity contribution in [3.8, 4) is 0 Å². The number of benzene rings is 4. The predicted molar refractivity (Wildman–Crippen MR) is 176 cm³/mol. The molecular weight excluding hydrogens is 581 g/mol. The van der Waals surface area contributed by atoms with E-state index in [2.05, 4.69) is 36.4 Å². The van der Waals surface area contributed by atoms with Crippen LogP contribution in [0.3, 0.4) is 0 Å². The van der Waals surface area contributed by atoms with E-state index in [-0.39, 0.29) is 0 Å². The van der Waals surface area contributed by atoms with Gasteiger partial charge >= 0.3 is 26.6 Å². The van der Waals surface area contributed by atoms with Gasteiger partial charge in [0.05, 0.1) is 0 Å². The van der Waals surface area contributed by atoms with E-state index < -0.39 is 26.6 Å². The molecule has 42 heavy (non-hydrogen) atoms. The highest BCUT2D eigenvalue weighted by Gasteiger charge is 2.41. The smallest absolute Gasteiger partial charge is 0.400 e. The van der Waals surface area contributed by atoms with E-state index in [1.165, 1.54) is 5.56 Å². The molecule has 0 unspecified atom stereocenters. The molecule has 0 aromatic heterocycles. The van der Waals surface area contributed by atoms with Crippen molar-refractivity contribution in [1.29, 1.82) is 0 Å². The summed E-state index contributed by atoms with van der Waals surface area (Å²) in [4.78, 5) is 0. The molecule has 0 spiro atoms. The van der Waals surface area contributed by atoms with Gasteiger partial charge in [0.2, 0.25) is 0 Å². The van der Waals surface area contributed by atoms with Gasteiger partial charge in [-0.2, -0.15) is 0 Å². The molecule has 4 aromatic carbocycles. The van der Waals surface area contributed by atoms with Gasteiger partial charge in [0.1, 0.15) is 0 Å². The van der Waals surface area contributed by atoms with E-state index in [1.807, 2.05) is 84.9 Å². The SMILES string of the molecule is CO[SiH](Cc1ccccc1)OC.CO[Si](OC)(OC)c1ccccc1.CO[Si](OC)(c1ccccc1)c1ccccc1. The van der Waals surface area contributed by atoms with Crippen molar-refractivity contribution >= 4 is 42.2 Å². The van der Waals surface area contributed by atoms with E-state index in [0.717, 1.165) is 21.6 Å². The van der Waals surface area contributed by atoms with Gasteiger partial charge in [-0.05, 0) is 15.9 Å². The Kier molecular flexibility index (Phi) is 16.4. The lowest BCUT2D eigenvalue weighted by atomic mass is 10.2. The van der Waals surface area contributed by atoms with Crippen LogP contribution in [-0.2, 0) is 37.0 Å². The van der Waals surface area contributed by atoms with Crippen LogP contribution in [0.5, 0.6) is 0 Å². The summed E-state index contributed by atoms with van der Waals surface area (Å²) >= 11 is 0. The Morgan fingerprint density at radius 2 is 0.762 bits per heavy atom. The van der Waals surface area contributed by atoms with Gasteiger partial charge in [-0.15, -0.1) is 0 Å². The van der Waals surface area contributed by atoms with Crippen LogP contribution in [0.15, 0.2) is 121 Å². The van der Waals surface area contributed by atoms with Crippen molar-refractivity contribution in [2.45, 2.75) is 6.04 Å². The topological polar surface area (TPSA) is 64.6 Å². The normalized spacial score (nSPS) is 11.2. The van der Waals surface area contributed by atoms with Gasteiger partial charge in [0.25, 0.3) is 0 Å². The summed E-state index contributed by atoms with van der Waals surface area (Å²) in [5, 5.41) is 3.22. The first-order valence-corrected chi connectivity index (χ1v) is 18.8. The van der Waals surface area contributed by atoms with Crippen molar-refractivity contribution < 1.29 is 31.0 Å². The number of rotatable bonds is 12. The molecule has 7 nitrogen and oxygen atoms in total.